The Morgan fingerprint density at radius 1 is 0.419 bits per heavy atom. The van der Waals surface area contributed by atoms with E-state index in [9.17, 15) is 19.4 Å². The quantitative estimate of drug-likeness (QED) is 0.0272. The van der Waals surface area contributed by atoms with Gasteiger partial charge in [-0.3, -0.25) is 9.36 Å². The Morgan fingerprint density at radius 2 is 0.721 bits per heavy atom. The molecule has 0 aromatic rings. The molecule has 0 aliphatic rings. The highest BCUT2D eigenvalue weighted by atomic mass is 31.2. The third-order valence-corrected chi connectivity index (χ3v) is 16.6. The topological polar surface area (TPSA) is 108 Å². The SMILES string of the molecule is CC/C=C\C/C=C\C/C=C\C/C=C\C/C=C\C/C=C\C/C=C\CCCCCCCCCCCCCCCCCC(=O)NC(COP(=O)([O-])OCC[N+](C)(C)C)C(O)/C=C/CC/C=C/CC/C=C/CCCCCCCCCCCCCCCCCCC. The lowest BCUT2D eigenvalue weighted by Crippen LogP contribution is -2.45. The Balaban J connectivity index is 4.12. The Labute approximate surface area is 533 Å². The summed E-state index contributed by atoms with van der Waals surface area (Å²) < 4.78 is 23.4. The van der Waals surface area contributed by atoms with E-state index < -0.39 is 26.6 Å². The first-order valence-corrected chi connectivity index (χ1v) is 37.4. The van der Waals surface area contributed by atoms with E-state index in [1.807, 2.05) is 27.2 Å². The highest BCUT2D eigenvalue weighted by Crippen LogP contribution is 2.38. The van der Waals surface area contributed by atoms with Gasteiger partial charge >= 0.3 is 0 Å². The number of aliphatic hydroxyl groups is 1. The molecule has 3 unspecified atom stereocenters. The summed E-state index contributed by atoms with van der Waals surface area (Å²) in [6, 6.07) is -0.918. The first-order valence-electron chi connectivity index (χ1n) is 35.9. The number of likely N-dealkylation sites (N-methyl/N-ethyl adjacent to an activating group) is 1. The van der Waals surface area contributed by atoms with E-state index in [4.69, 9.17) is 9.05 Å². The first kappa shape index (κ1) is 82.9. The van der Waals surface area contributed by atoms with Crippen molar-refractivity contribution in [2.24, 2.45) is 0 Å². The van der Waals surface area contributed by atoms with Gasteiger partial charge < -0.3 is 28.8 Å². The maximum atomic E-state index is 13.0. The second-order valence-electron chi connectivity index (χ2n) is 25.2. The average molecular weight is 1220 g/mol. The van der Waals surface area contributed by atoms with Gasteiger partial charge in [-0.1, -0.05) is 322 Å². The summed E-state index contributed by atoms with van der Waals surface area (Å²) in [7, 11) is 1.23. The Bertz CT molecular complexity index is 1820. The number of amides is 1. The smallest absolute Gasteiger partial charge is 0.268 e. The molecule has 0 spiro atoms. The lowest BCUT2D eigenvalue weighted by atomic mass is 10.0. The van der Waals surface area contributed by atoms with Crippen LogP contribution in [0.4, 0.5) is 0 Å². The van der Waals surface area contributed by atoms with E-state index >= 15 is 0 Å². The van der Waals surface area contributed by atoms with Crippen molar-refractivity contribution in [2.75, 3.05) is 40.9 Å². The average Bonchev–Trinajstić information content (AvgIpc) is 3.70. The van der Waals surface area contributed by atoms with Crippen molar-refractivity contribution in [3.63, 3.8) is 0 Å². The van der Waals surface area contributed by atoms with Gasteiger partial charge in [0.1, 0.15) is 13.2 Å². The number of hydrogen-bond donors (Lipinski definition) is 2. The number of nitrogens with zero attached hydrogens (tertiary/aromatic N) is 1. The van der Waals surface area contributed by atoms with Gasteiger partial charge in [0.05, 0.1) is 39.9 Å². The number of quaternary nitrogens is 1. The zero-order chi connectivity index (χ0) is 62.6. The predicted octanol–water partition coefficient (Wildman–Crippen LogP) is 22.6. The summed E-state index contributed by atoms with van der Waals surface area (Å²) >= 11 is 0. The van der Waals surface area contributed by atoms with E-state index in [1.165, 1.54) is 199 Å². The van der Waals surface area contributed by atoms with Crippen LogP contribution in [0, 0.1) is 0 Å². The van der Waals surface area contributed by atoms with E-state index in [0.717, 1.165) is 89.9 Å². The molecule has 496 valence electrons. The second kappa shape index (κ2) is 66.3. The Hall–Kier alpha value is -3.10. The third kappa shape index (κ3) is 68.4. The van der Waals surface area contributed by atoms with Crippen molar-refractivity contribution in [1.29, 1.82) is 0 Å². The van der Waals surface area contributed by atoms with Crippen LogP contribution in [0.5, 0.6) is 0 Å². The number of rotatable bonds is 65. The van der Waals surface area contributed by atoms with E-state index in [2.05, 4.69) is 129 Å². The van der Waals surface area contributed by atoms with Gasteiger partial charge in [-0.25, -0.2) is 0 Å². The van der Waals surface area contributed by atoms with Crippen LogP contribution in [-0.2, 0) is 18.4 Å². The number of nitrogens with one attached hydrogen (secondary N) is 1. The van der Waals surface area contributed by atoms with Crippen LogP contribution < -0.4 is 10.2 Å². The van der Waals surface area contributed by atoms with Gasteiger partial charge in [0, 0.05) is 6.42 Å². The largest absolute Gasteiger partial charge is 0.756 e. The molecule has 1 amide bonds. The molecule has 0 bridgehead atoms. The van der Waals surface area contributed by atoms with Crippen LogP contribution in [0.1, 0.15) is 309 Å². The molecular formula is C77H137N2O6P. The summed E-state index contributed by atoms with van der Waals surface area (Å²) in [5.74, 6) is -0.213. The van der Waals surface area contributed by atoms with Gasteiger partial charge in [-0.2, -0.15) is 0 Å². The van der Waals surface area contributed by atoms with Crippen LogP contribution in [0.3, 0.4) is 0 Å². The molecule has 0 rings (SSSR count). The van der Waals surface area contributed by atoms with Crippen molar-refractivity contribution in [3.05, 3.63) is 122 Å². The van der Waals surface area contributed by atoms with Crippen LogP contribution in [0.15, 0.2) is 122 Å². The molecule has 86 heavy (non-hydrogen) atoms. The lowest BCUT2D eigenvalue weighted by molar-refractivity contribution is -0.870. The molecule has 8 nitrogen and oxygen atoms in total. The molecule has 0 saturated carbocycles. The van der Waals surface area contributed by atoms with Crippen molar-refractivity contribution in [1.82, 2.24) is 5.32 Å². The van der Waals surface area contributed by atoms with Crippen molar-refractivity contribution >= 4 is 13.7 Å². The molecule has 2 N–H and O–H groups in total. The molecule has 0 fully saturated rings. The van der Waals surface area contributed by atoms with E-state index in [1.54, 1.807) is 6.08 Å². The van der Waals surface area contributed by atoms with Crippen molar-refractivity contribution < 1.29 is 32.9 Å². The number of phosphoric acid groups is 1. The van der Waals surface area contributed by atoms with Gasteiger partial charge in [-0.05, 0) is 103 Å². The fourth-order valence-corrected chi connectivity index (χ4v) is 10.8. The molecule has 0 saturated heterocycles. The number of allylic oxidation sites excluding steroid dienone is 19. The van der Waals surface area contributed by atoms with Crippen LogP contribution in [0.25, 0.3) is 0 Å². The zero-order valence-electron chi connectivity index (χ0n) is 56.7. The Morgan fingerprint density at radius 3 is 1.08 bits per heavy atom. The standard InChI is InChI=1S/C77H137N2O6P/c1-6-8-10-12-14-16-18-20-22-24-26-28-30-32-34-35-36-37-38-39-40-41-42-43-45-47-49-51-53-55-57-59-61-63-65-67-69-71-77(81)78-75(74-85-86(82,83)84-73-72-79(3,4)5)76(80)70-68-66-64-62-60-58-56-54-52-50-48-46-44-33-31-29-27-25-23-21-19-17-15-13-11-9-7-2/h8,10,14,16,20,22,26,28,32,34,36-37,39-40,52,54,60,62,68,70,75-76,80H,6-7,9,11-13,15,17-19,21,23-25,27,29-31,33,35,38,41-51,53,55-59,61,63-67,69,71-74H2,1-5H3,(H-,78,81,82,83)/b10-8-,16-14-,22-20-,28-26-,34-32-,37-36-,40-39-,54-52+,62-60+,70-68+. The molecular weight excluding hydrogens is 1080 g/mol. The van der Waals surface area contributed by atoms with Gasteiger partial charge in [0.2, 0.25) is 5.91 Å². The summed E-state index contributed by atoms with van der Waals surface area (Å²) in [6.07, 6.45) is 99.0. The highest BCUT2D eigenvalue weighted by molar-refractivity contribution is 7.45. The number of phosphoric ester groups is 1. The monoisotopic (exact) mass is 1220 g/mol. The van der Waals surface area contributed by atoms with Gasteiger partial charge in [0.15, 0.2) is 0 Å². The summed E-state index contributed by atoms with van der Waals surface area (Å²) in [5.41, 5.74) is 0. The summed E-state index contributed by atoms with van der Waals surface area (Å²) in [5, 5.41) is 13.9. The molecule has 3 atom stereocenters. The molecule has 0 aromatic carbocycles. The summed E-state index contributed by atoms with van der Waals surface area (Å²) in [4.78, 5) is 25.6. The Kier molecular flexibility index (Phi) is 63.9. The maximum Gasteiger partial charge on any atom is 0.268 e. The summed E-state index contributed by atoms with van der Waals surface area (Å²) in [6.45, 7) is 4.53. The van der Waals surface area contributed by atoms with Crippen molar-refractivity contribution in [2.45, 2.75) is 321 Å². The van der Waals surface area contributed by atoms with Gasteiger partial charge in [-0.15, -0.1) is 0 Å². The molecule has 0 aromatic heterocycles. The number of hydrogen-bond acceptors (Lipinski definition) is 6. The fourth-order valence-electron chi connectivity index (χ4n) is 10.1. The molecule has 0 aliphatic carbocycles. The van der Waals surface area contributed by atoms with Crippen LogP contribution in [-0.4, -0.2) is 68.5 Å². The van der Waals surface area contributed by atoms with Crippen LogP contribution >= 0.6 is 7.82 Å². The maximum absolute atomic E-state index is 13.0. The minimum absolute atomic E-state index is 0.0131. The van der Waals surface area contributed by atoms with E-state index in [-0.39, 0.29) is 12.5 Å². The lowest BCUT2D eigenvalue weighted by Gasteiger charge is -2.29. The first-order chi connectivity index (χ1) is 42.0. The normalized spacial score (nSPS) is 14.4. The molecule has 9 heteroatoms. The minimum Gasteiger partial charge on any atom is -0.756 e. The number of aliphatic hydroxyl groups excluding tert-OH is 1. The fraction of sp³-hybridized carbons (Fsp3) is 0.727. The second-order valence-corrected chi connectivity index (χ2v) is 26.6. The van der Waals surface area contributed by atoms with Crippen molar-refractivity contribution in [3.8, 4) is 0 Å². The van der Waals surface area contributed by atoms with Crippen LogP contribution in [0.2, 0.25) is 0 Å². The number of carbonyl (C=O) groups excluding carboxylic acids is 1. The van der Waals surface area contributed by atoms with Gasteiger partial charge in [0.25, 0.3) is 7.82 Å². The predicted molar refractivity (Wildman–Crippen MR) is 375 cm³/mol. The van der Waals surface area contributed by atoms with E-state index in [0.29, 0.717) is 17.4 Å². The minimum atomic E-state index is -4.62. The molecule has 0 aliphatic heterocycles. The molecule has 0 radical (unpaired) electrons. The third-order valence-electron chi connectivity index (χ3n) is 15.6. The number of unbranched alkanes of at least 4 members (excludes halogenated alkanes) is 34. The highest BCUT2D eigenvalue weighted by Gasteiger charge is 2.23. The zero-order valence-corrected chi connectivity index (χ0v) is 57.6. The number of carbonyl (C=O) groups is 1. The molecule has 0 heterocycles.